The molecule has 0 nitrogen and oxygen atoms in total. The van der Waals surface area contributed by atoms with Crippen LogP contribution in [0.15, 0.2) is 0 Å². The van der Waals surface area contributed by atoms with E-state index < -0.39 is 0 Å². The molecule has 8 saturated carbocycles. The van der Waals surface area contributed by atoms with Crippen molar-refractivity contribution in [2.45, 2.75) is 33.6 Å². The normalized spacial score (nSPS) is 92.6. The molecule has 8 rings (SSSR count). The maximum absolute atomic E-state index is 2.70. The van der Waals surface area contributed by atoms with Gasteiger partial charge in [0, 0.05) is 0 Å². The Morgan fingerprint density at radius 2 is 1.73 bits per heavy atom. The molecule has 10 unspecified atom stereocenters. The van der Waals surface area contributed by atoms with Gasteiger partial charge in [0.1, 0.15) is 0 Å². The summed E-state index contributed by atoms with van der Waals surface area (Å²) in [6.07, 6.45) is 3.30. The van der Waals surface area contributed by atoms with Crippen molar-refractivity contribution >= 4 is 0 Å². The van der Waals surface area contributed by atoms with Crippen molar-refractivity contribution in [1.29, 1.82) is 0 Å². The lowest BCUT2D eigenvalue weighted by Crippen LogP contribution is -2.57. The van der Waals surface area contributed by atoms with Crippen LogP contribution in [0, 0.1) is 57.7 Å². The van der Waals surface area contributed by atoms with Crippen LogP contribution >= 0.6 is 0 Å². The summed E-state index contributed by atoms with van der Waals surface area (Å²) in [6, 6.07) is 0. The molecule has 0 radical (unpaired) electrons. The van der Waals surface area contributed by atoms with Gasteiger partial charge in [-0.2, -0.15) is 0 Å². The number of hydrogen-bond donors (Lipinski definition) is 0. The quantitative estimate of drug-likeness (QED) is 0.563. The van der Waals surface area contributed by atoms with Crippen molar-refractivity contribution in [2.24, 2.45) is 57.7 Å². The molecule has 8 fully saturated rings. The smallest absolute Gasteiger partial charge is 0.0136 e. The van der Waals surface area contributed by atoms with Gasteiger partial charge in [0.2, 0.25) is 0 Å². The summed E-state index contributed by atoms with van der Waals surface area (Å²) in [6.45, 7) is 7.96. The zero-order valence-electron chi connectivity index (χ0n) is 9.96. The highest BCUT2D eigenvalue weighted by atomic mass is 15.1. The SMILES string of the molecule is CC1C2CC34CC5C1C1(C3C)C5C1(C)C24. The van der Waals surface area contributed by atoms with E-state index in [4.69, 9.17) is 0 Å². The fourth-order valence-corrected chi connectivity index (χ4v) is 9.60. The highest BCUT2D eigenvalue weighted by molar-refractivity contribution is 5.51. The molecule has 0 heterocycles. The highest BCUT2D eigenvalue weighted by Crippen LogP contribution is 3.08. The van der Waals surface area contributed by atoms with Gasteiger partial charge in [-0.1, -0.05) is 20.8 Å². The van der Waals surface area contributed by atoms with Crippen LogP contribution in [0.5, 0.6) is 0 Å². The van der Waals surface area contributed by atoms with E-state index >= 15 is 0 Å². The molecule has 15 heavy (non-hydrogen) atoms. The lowest BCUT2D eigenvalue weighted by molar-refractivity contribution is -0.153. The largest absolute Gasteiger partial charge is 0.0619 e. The third kappa shape index (κ3) is 0.323. The van der Waals surface area contributed by atoms with Crippen LogP contribution in [0.4, 0.5) is 0 Å². The third-order valence-corrected chi connectivity index (χ3v) is 9.20. The molecule has 8 aliphatic rings. The maximum atomic E-state index is 2.70. The standard InChI is InChI=1S/C15H20/c1-6-8-4-14-5-9-10(6)15(7(14)2)12(9)13(15,3)11(8)14/h6-12H,4-5H2,1-3H3. The first-order valence-corrected chi connectivity index (χ1v) is 7.12. The van der Waals surface area contributed by atoms with E-state index in [9.17, 15) is 0 Å². The Morgan fingerprint density at radius 3 is 2.53 bits per heavy atom. The Hall–Kier alpha value is 0. The van der Waals surface area contributed by atoms with Crippen molar-refractivity contribution in [3.8, 4) is 0 Å². The van der Waals surface area contributed by atoms with Crippen molar-refractivity contribution in [1.82, 2.24) is 0 Å². The lowest BCUT2D eigenvalue weighted by atomic mass is 9.41. The Kier molecular flexibility index (Phi) is 0.690. The second-order valence-electron chi connectivity index (χ2n) is 8.25. The monoisotopic (exact) mass is 200 g/mol. The van der Waals surface area contributed by atoms with Gasteiger partial charge in [0.05, 0.1) is 0 Å². The van der Waals surface area contributed by atoms with Gasteiger partial charge in [-0.3, -0.25) is 0 Å². The average Bonchev–Trinajstić information content (AvgIpc) is 2.64. The molecular weight excluding hydrogens is 180 g/mol. The van der Waals surface area contributed by atoms with Gasteiger partial charge in [-0.15, -0.1) is 0 Å². The van der Waals surface area contributed by atoms with Crippen molar-refractivity contribution in [2.75, 3.05) is 0 Å². The highest BCUT2D eigenvalue weighted by Gasteiger charge is 3.04. The summed E-state index contributed by atoms with van der Waals surface area (Å²) in [5.41, 5.74) is 2.67. The van der Waals surface area contributed by atoms with Crippen LogP contribution in [-0.2, 0) is 0 Å². The first-order valence-electron chi connectivity index (χ1n) is 7.12. The molecular formula is C15H20. The van der Waals surface area contributed by atoms with E-state index in [2.05, 4.69) is 20.8 Å². The van der Waals surface area contributed by atoms with Crippen LogP contribution in [0.1, 0.15) is 33.6 Å². The minimum Gasteiger partial charge on any atom is -0.0619 e. The fraction of sp³-hybridized carbons (Fsp3) is 1.00. The molecule has 80 valence electrons. The first kappa shape index (κ1) is 7.35. The molecule has 8 aliphatic carbocycles. The molecule has 0 aliphatic heterocycles. The van der Waals surface area contributed by atoms with Crippen LogP contribution in [0.25, 0.3) is 0 Å². The predicted molar refractivity (Wildman–Crippen MR) is 58.0 cm³/mol. The Labute approximate surface area is 91.8 Å². The second kappa shape index (κ2) is 1.41. The average molecular weight is 200 g/mol. The van der Waals surface area contributed by atoms with Gasteiger partial charge < -0.3 is 0 Å². The maximum Gasteiger partial charge on any atom is -0.0136 e. The molecule has 0 saturated heterocycles. The Bertz CT molecular complexity index is 437. The third-order valence-electron chi connectivity index (χ3n) is 9.20. The Balaban J connectivity index is 1.78. The summed E-state index contributed by atoms with van der Waals surface area (Å²) in [4.78, 5) is 0. The number of rotatable bonds is 0. The molecule has 0 heteroatoms. The fourth-order valence-electron chi connectivity index (χ4n) is 9.60. The lowest BCUT2D eigenvalue weighted by Gasteiger charge is -2.63. The van der Waals surface area contributed by atoms with Gasteiger partial charge in [0.25, 0.3) is 0 Å². The van der Waals surface area contributed by atoms with Gasteiger partial charge in [-0.05, 0) is 70.5 Å². The van der Waals surface area contributed by atoms with Crippen LogP contribution in [0.3, 0.4) is 0 Å². The number of hydrogen-bond acceptors (Lipinski definition) is 0. The second-order valence-corrected chi connectivity index (χ2v) is 8.25. The molecule has 2 spiro atoms. The van der Waals surface area contributed by atoms with E-state index in [0.29, 0.717) is 0 Å². The summed E-state index contributed by atoms with van der Waals surface area (Å²) in [5, 5.41) is 0. The van der Waals surface area contributed by atoms with E-state index in [0.717, 1.165) is 34.0 Å². The van der Waals surface area contributed by atoms with Gasteiger partial charge >= 0.3 is 0 Å². The minimum absolute atomic E-state index is 0.870. The van der Waals surface area contributed by atoms with Gasteiger partial charge in [0.15, 0.2) is 0 Å². The Morgan fingerprint density at radius 1 is 1.00 bits per heavy atom. The molecule has 0 aromatic rings. The summed E-state index contributed by atoms with van der Waals surface area (Å²) in [7, 11) is 0. The summed E-state index contributed by atoms with van der Waals surface area (Å²) >= 11 is 0. The summed E-state index contributed by atoms with van der Waals surface area (Å²) < 4.78 is 0. The van der Waals surface area contributed by atoms with Crippen LogP contribution in [-0.4, -0.2) is 0 Å². The minimum atomic E-state index is 0.870. The predicted octanol–water partition coefficient (Wildman–Crippen LogP) is 3.18. The first-order chi connectivity index (χ1) is 7.12. The van der Waals surface area contributed by atoms with Crippen LogP contribution < -0.4 is 0 Å². The van der Waals surface area contributed by atoms with Crippen molar-refractivity contribution in [3.05, 3.63) is 0 Å². The summed E-state index contributed by atoms with van der Waals surface area (Å²) in [5.74, 6) is 8.16. The van der Waals surface area contributed by atoms with Crippen molar-refractivity contribution in [3.63, 3.8) is 0 Å². The topological polar surface area (TPSA) is 0 Å². The van der Waals surface area contributed by atoms with Crippen LogP contribution in [0.2, 0.25) is 0 Å². The molecule has 0 N–H and O–H groups in total. The molecule has 0 aromatic carbocycles. The molecule has 10 atom stereocenters. The van der Waals surface area contributed by atoms with E-state index in [1.165, 1.54) is 23.7 Å². The van der Waals surface area contributed by atoms with E-state index in [1.807, 2.05) is 0 Å². The zero-order chi connectivity index (χ0) is 9.96. The molecule has 0 aromatic heterocycles. The van der Waals surface area contributed by atoms with Crippen molar-refractivity contribution < 1.29 is 0 Å². The molecule has 6 bridgehead atoms. The van der Waals surface area contributed by atoms with E-state index in [-0.39, 0.29) is 0 Å². The van der Waals surface area contributed by atoms with Gasteiger partial charge in [-0.25, -0.2) is 0 Å². The molecule has 0 amide bonds. The van der Waals surface area contributed by atoms with E-state index in [1.54, 1.807) is 12.8 Å². The zero-order valence-corrected chi connectivity index (χ0v) is 9.96.